The van der Waals surface area contributed by atoms with Crippen molar-refractivity contribution in [1.82, 2.24) is 4.98 Å². The van der Waals surface area contributed by atoms with Crippen molar-refractivity contribution < 1.29 is 28.2 Å². The Hall–Kier alpha value is -4.07. The summed E-state index contributed by atoms with van der Waals surface area (Å²) in [6, 6.07) is 9.87. The number of ketones is 1. The number of pyridine rings is 1. The number of halogens is 2. The van der Waals surface area contributed by atoms with Gasteiger partial charge in [0, 0.05) is 18.5 Å². The van der Waals surface area contributed by atoms with Crippen LogP contribution in [0.1, 0.15) is 43.5 Å². The zero-order chi connectivity index (χ0) is 25.5. The van der Waals surface area contributed by atoms with Crippen molar-refractivity contribution in [2.75, 3.05) is 12.0 Å². The Bertz CT molecular complexity index is 1350. The number of aliphatic hydroxyl groups excluding tert-OH is 1. The normalized spacial score (nSPS) is 17.7. The minimum Gasteiger partial charge on any atom is -0.507 e. The topological polar surface area (TPSA) is 79.7 Å². The number of ether oxygens (including phenoxy) is 1. The fourth-order valence-corrected chi connectivity index (χ4v) is 4.12. The number of aliphatic hydroxyl groups is 1. The quantitative estimate of drug-likeness (QED) is 0.313. The van der Waals surface area contributed by atoms with Gasteiger partial charge in [0.25, 0.3) is 11.7 Å². The van der Waals surface area contributed by atoms with E-state index in [1.807, 2.05) is 26.8 Å². The molecular formula is C27H24F2N2O4. The summed E-state index contributed by atoms with van der Waals surface area (Å²) in [7, 11) is 1.43. The molecule has 2 aromatic carbocycles. The summed E-state index contributed by atoms with van der Waals surface area (Å²) in [4.78, 5) is 31.4. The van der Waals surface area contributed by atoms with Gasteiger partial charge in [0.2, 0.25) is 0 Å². The lowest BCUT2D eigenvalue weighted by molar-refractivity contribution is -0.132. The largest absolute Gasteiger partial charge is 0.507 e. The summed E-state index contributed by atoms with van der Waals surface area (Å²) in [6.45, 7) is 5.98. The molecule has 180 valence electrons. The standard InChI is InChI=1S/C27H24F2N2O4/c1-27(2,3)16-5-8-21(35-4)18(13-16)24(32)22-23(15-9-11-30-12-10-15)31(26(34)25(22)33)20-7-6-17(28)14-19(20)29/h5-14,23,32H,1-4H3/b24-22+. The van der Waals surface area contributed by atoms with E-state index >= 15 is 0 Å². The first kappa shape index (κ1) is 24.1. The molecule has 0 aliphatic carbocycles. The second kappa shape index (κ2) is 8.94. The first-order valence-corrected chi connectivity index (χ1v) is 10.9. The van der Waals surface area contributed by atoms with Crippen LogP contribution in [-0.2, 0) is 15.0 Å². The van der Waals surface area contributed by atoms with Crippen LogP contribution in [0.15, 0.2) is 66.5 Å². The number of carbonyl (C=O) groups is 2. The van der Waals surface area contributed by atoms with Crippen molar-refractivity contribution in [2.24, 2.45) is 0 Å². The number of anilines is 1. The van der Waals surface area contributed by atoms with Gasteiger partial charge in [0.15, 0.2) is 0 Å². The number of nitrogens with zero attached hydrogens (tertiary/aromatic N) is 2. The Kier molecular flexibility index (Phi) is 6.15. The molecule has 0 bridgehead atoms. The molecule has 1 amide bonds. The van der Waals surface area contributed by atoms with Gasteiger partial charge in [-0.2, -0.15) is 0 Å². The lowest BCUT2D eigenvalue weighted by Gasteiger charge is -2.26. The van der Waals surface area contributed by atoms with E-state index in [9.17, 15) is 23.5 Å². The minimum absolute atomic E-state index is 0.219. The molecule has 0 saturated carbocycles. The van der Waals surface area contributed by atoms with Crippen LogP contribution in [0.25, 0.3) is 5.76 Å². The molecule has 8 heteroatoms. The summed E-state index contributed by atoms with van der Waals surface area (Å²) in [5.74, 6) is -4.06. The van der Waals surface area contributed by atoms with Crippen LogP contribution in [-0.4, -0.2) is 28.9 Å². The first-order chi connectivity index (χ1) is 16.5. The number of hydrogen-bond acceptors (Lipinski definition) is 5. The fraction of sp³-hybridized carbons (Fsp3) is 0.222. The zero-order valence-corrected chi connectivity index (χ0v) is 19.7. The average Bonchev–Trinajstić information content (AvgIpc) is 3.08. The number of carbonyl (C=O) groups excluding carboxylic acids is 2. The molecule has 2 heterocycles. The number of hydrogen-bond donors (Lipinski definition) is 1. The van der Waals surface area contributed by atoms with Crippen LogP contribution in [0.3, 0.4) is 0 Å². The van der Waals surface area contributed by atoms with Crippen LogP contribution in [0, 0.1) is 11.6 Å². The van der Waals surface area contributed by atoms with E-state index in [0.29, 0.717) is 17.4 Å². The lowest BCUT2D eigenvalue weighted by Crippen LogP contribution is -2.30. The molecule has 1 unspecified atom stereocenters. The van der Waals surface area contributed by atoms with Gasteiger partial charge in [0.1, 0.15) is 23.1 Å². The van der Waals surface area contributed by atoms with Gasteiger partial charge in [-0.25, -0.2) is 8.78 Å². The van der Waals surface area contributed by atoms with Crippen LogP contribution in [0.4, 0.5) is 14.5 Å². The van der Waals surface area contributed by atoms with Crippen molar-refractivity contribution in [3.8, 4) is 5.75 Å². The minimum atomic E-state index is -1.18. The fourth-order valence-electron chi connectivity index (χ4n) is 4.12. The van der Waals surface area contributed by atoms with Gasteiger partial charge in [0.05, 0.1) is 30.0 Å². The van der Waals surface area contributed by atoms with E-state index in [1.54, 1.807) is 24.3 Å². The van der Waals surface area contributed by atoms with Crippen molar-refractivity contribution in [1.29, 1.82) is 0 Å². The molecule has 6 nitrogen and oxygen atoms in total. The lowest BCUT2D eigenvalue weighted by atomic mass is 9.85. The molecule has 1 aliphatic rings. The molecule has 1 atom stereocenters. The van der Waals surface area contributed by atoms with E-state index in [4.69, 9.17) is 4.74 Å². The number of amides is 1. The number of aromatic nitrogens is 1. The van der Waals surface area contributed by atoms with Gasteiger partial charge in [-0.3, -0.25) is 19.5 Å². The summed E-state index contributed by atoms with van der Waals surface area (Å²) in [5.41, 5.74) is 0.681. The molecule has 3 aromatic rings. The van der Waals surface area contributed by atoms with E-state index in [-0.39, 0.29) is 22.2 Å². The number of rotatable bonds is 4. The summed E-state index contributed by atoms with van der Waals surface area (Å²) >= 11 is 0. The summed E-state index contributed by atoms with van der Waals surface area (Å²) in [5, 5.41) is 11.5. The molecule has 1 saturated heterocycles. The Morgan fingerprint density at radius 1 is 1.03 bits per heavy atom. The van der Waals surface area contributed by atoms with Crippen LogP contribution in [0.2, 0.25) is 0 Å². The second-order valence-corrected chi connectivity index (χ2v) is 9.21. The first-order valence-electron chi connectivity index (χ1n) is 10.9. The maximum Gasteiger partial charge on any atom is 0.300 e. The van der Waals surface area contributed by atoms with Crippen molar-refractivity contribution >= 4 is 23.1 Å². The van der Waals surface area contributed by atoms with E-state index in [0.717, 1.165) is 22.6 Å². The number of Topliss-reactive ketones (excluding diaryl/α,β-unsaturated/α-hetero) is 1. The Labute approximate surface area is 201 Å². The van der Waals surface area contributed by atoms with Crippen LogP contribution in [0.5, 0.6) is 5.75 Å². The van der Waals surface area contributed by atoms with Crippen LogP contribution < -0.4 is 9.64 Å². The molecule has 0 radical (unpaired) electrons. The predicted molar refractivity (Wildman–Crippen MR) is 127 cm³/mol. The third-order valence-corrected chi connectivity index (χ3v) is 5.96. The molecular weight excluding hydrogens is 454 g/mol. The molecule has 0 spiro atoms. The van der Waals surface area contributed by atoms with Crippen molar-refractivity contribution in [3.05, 3.63) is 94.8 Å². The smallest absolute Gasteiger partial charge is 0.300 e. The van der Waals surface area contributed by atoms with Gasteiger partial charge in [-0.15, -0.1) is 0 Å². The SMILES string of the molecule is COc1ccc(C(C)(C)C)cc1/C(O)=C1\C(=O)C(=O)N(c2ccc(F)cc2F)C1c1ccncc1. The molecule has 1 aromatic heterocycles. The van der Waals surface area contributed by atoms with E-state index in [2.05, 4.69) is 4.98 Å². The Morgan fingerprint density at radius 3 is 2.31 bits per heavy atom. The maximum absolute atomic E-state index is 14.8. The van der Waals surface area contributed by atoms with Crippen molar-refractivity contribution in [3.63, 3.8) is 0 Å². The van der Waals surface area contributed by atoms with E-state index in [1.165, 1.54) is 19.5 Å². The monoisotopic (exact) mass is 478 g/mol. The summed E-state index contributed by atoms with van der Waals surface area (Å²) < 4.78 is 33.8. The molecule has 1 aliphatic heterocycles. The summed E-state index contributed by atoms with van der Waals surface area (Å²) in [6.07, 6.45) is 2.91. The third kappa shape index (κ3) is 4.27. The zero-order valence-electron chi connectivity index (χ0n) is 19.7. The molecule has 35 heavy (non-hydrogen) atoms. The average molecular weight is 478 g/mol. The van der Waals surface area contributed by atoms with Gasteiger partial charge in [-0.1, -0.05) is 26.8 Å². The second-order valence-electron chi connectivity index (χ2n) is 9.21. The highest BCUT2D eigenvalue weighted by Gasteiger charge is 2.48. The molecule has 4 rings (SSSR count). The highest BCUT2D eigenvalue weighted by molar-refractivity contribution is 6.51. The van der Waals surface area contributed by atoms with Crippen LogP contribution >= 0.6 is 0 Å². The highest BCUT2D eigenvalue weighted by Crippen LogP contribution is 2.44. The van der Waals surface area contributed by atoms with Gasteiger partial charge in [-0.05, 0) is 52.9 Å². The maximum atomic E-state index is 14.8. The van der Waals surface area contributed by atoms with Crippen molar-refractivity contribution in [2.45, 2.75) is 32.2 Å². The Balaban J connectivity index is 2.00. The highest BCUT2D eigenvalue weighted by atomic mass is 19.1. The predicted octanol–water partition coefficient (Wildman–Crippen LogP) is 5.29. The third-order valence-electron chi connectivity index (χ3n) is 5.96. The Morgan fingerprint density at radius 2 is 1.71 bits per heavy atom. The van der Waals surface area contributed by atoms with Gasteiger partial charge < -0.3 is 9.84 Å². The molecule has 1 N–H and O–H groups in total. The number of methoxy groups -OCH3 is 1. The number of benzene rings is 2. The van der Waals surface area contributed by atoms with Gasteiger partial charge >= 0.3 is 0 Å². The molecule has 1 fully saturated rings. The van der Waals surface area contributed by atoms with E-state index < -0.39 is 35.1 Å².